The maximum atomic E-state index is 5.40. The van der Waals surface area contributed by atoms with Crippen LogP contribution in [0.1, 0.15) is 65.1 Å². The molecule has 0 fully saturated rings. The monoisotopic (exact) mass is 818 g/mol. The lowest BCUT2D eigenvalue weighted by atomic mass is 9.65. The van der Waals surface area contributed by atoms with Crippen LogP contribution >= 0.6 is 11.8 Å². The SMILES string of the molecule is C=CC=NC(=C)c1cc(-c2cccc3c2-c2c(-c4nc(-c5ccccc5)nc(C5C=CC=CC5)n4)cccc2C32C3=CCCC=C3Sc3ccccc32)cc(C2C=CC=CN2)n1. The Kier molecular flexibility index (Phi) is 9.54. The molecule has 6 nitrogen and oxygen atoms in total. The topological polar surface area (TPSA) is 76.0 Å². The molecular formula is C55H42N6S. The van der Waals surface area contributed by atoms with Gasteiger partial charge in [0.15, 0.2) is 11.6 Å². The predicted molar refractivity (Wildman–Crippen MR) is 254 cm³/mol. The minimum absolute atomic E-state index is 0.0281. The molecule has 3 unspecified atom stereocenters. The average Bonchev–Trinajstić information content (AvgIpc) is 3.64. The summed E-state index contributed by atoms with van der Waals surface area (Å²) in [7, 11) is 0. The molecule has 0 amide bonds. The van der Waals surface area contributed by atoms with E-state index in [1.807, 2.05) is 42.2 Å². The van der Waals surface area contributed by atoms with E-state index in [1.165, 1.54) is 32.1 Å². The molecule has 3 atom stereocenters. The molecule has 0 radical (unpaired) electrons. The predicted octanol–water partition coefficient (Wildman–Crippen LogP) is 12.8. The first kappa shape index (κ1) is 37.8. The Morgan fingerprint density at radius 3 is 2.29 bits per heavy atom. The van der Waals surface area contributed by atoms with E-state index in [-0.39, 0.29) is 12.0 Å². The molecular weight excluding hydrogens is 777 g/mol. The molecule has 0 bridgehead atoms. The molecule has 2 aliphatic heterocycles. The van der Waals surface area contributed by atoms with Crippen molar-refractivity contribution in [2.45, 2.75) is 41.5 Å². The molecule has 7 heteroatoms. The van der Waals surface area contributed by atoms with Crippen molar-refractivity contribution >= 4 is 23.7 Å². The maximum Gasteiger partial charge on any atom is 0.164 e. The van der Waals surface area contributed by atoms with E-state index in [4.69, 9.17) is 19.9 Å². The zero-order valence-corrected chi connectivity index (χ0v) is 34.9. The minimum Gasteiger partial charge on any atom is -0.379 e. The Morgan fingerprint density at radius 1 is 0.726 bits per heavy atom. The number of allylic oxidation sites excluding steroid dienone is 10. The number of thioether (sulfide) groups is 1. The van der Waals surface area contributed by atoms with Crippen molar-refractivity contribution in [1.82, 2.24) is 25.3 Å². The summed E-state index contributed by atoms with van der Waals surface area (Å²) in [6, 6.07) is 37.0. The molecule has 3 aliphatic carbocycles. The number of nitrogens with zero attached hydrogens (tertiary/aromatic N) is 5. The van der Waals surface area contributed by atoms with Gasteiger partial charge in [0, 0.05) is 33.1 Å². The molecule has 62 heavy (non-hydrogen) atoms. The highest BCUT2D eigenvalue weighted by Gasteiger charge is 2.53. The lowest BCUT2D eigenvalue weighted by Gasteiger charge is -2.42. The van der Waals surface area contributed by atoms with Crippen LogP contribution in [0.4, 0.5) is 0 Å². The smallest absolute Gasteiger partial charge is 0.164 e. The fourth-order valence-electron chi connectivity index (χ4n) is 9.66. The molecule has 6 aromatic rings. The van der Waals surface area contributed by atoms with E-state index in [1.54, 1.807) is 12.3 Å². The van der Waals surface area contributed by atoms with Crippen molar-refractivity contribution in [3.63, 3.8) is 0 Å². The zero-order valence-electron chi connectivity index (χ0n) is 34.1. The summed E-state index contributed by atoms with van der Waals surface area (Å²) in [4.78, 5) is 28.3. The van der Waals surface area contributed by atoms with Crippen LogP contribution in [-0.2, 0) is 5.41 Å². The molecule has 1 N–H and O–H groups in total. The van der Waals surface area contributed by atoms with Crippen LogP contribution in [0.5, 0.6) is 0 Å². The Balaban J connectivity index is 1.23. The molecule has 0 saturated carbocycles. The Labute approximate surface area is 366 Å². The van der Waals surface area contributed by atoms with Gasteiger partial charge in [0.25, 0.3) is 0 Å². The van der Waals surface area contributed by atoms with E-state index in [9.17, 15) is 0 Å². The number of hydrogen-bond donors (Lipinski definition) is 1. The summed E-state index contributed by atoms with van der Waals surface area (Å²) >= 11 is 1.89. The fraction of sp³-hybridized carbons (Fsp3) is 0.109. The highest BCUT2D eigenvalue weighted by molar-refractivity contribution is 8.03. The van der Waals surface area contributed by atoms with Gasteiger partial charge in [-0.1, -0.05) is 165 Å². The molecule has 298 valence electrons. The fourth-order valence-corrected chi connectivity index (χ4v) is 10.9. The van der Waals surface area contributed by atoms with Gasteiger partial charge in [0.05, 0.1) is 28.5 Å². The standard InChI is InChI=1S/C55H42N6S/c1-3-31-56-35(2)46-33-38(34-47(58-46)45-28-14-15-32-57-45)39-22-16-26-43-50(39)51-40(54-60-52(36-18-6-4-7-19-36)59-53(61-54)37-20-8-5-9-21-37)23-17-27-44(51)55(43)41-24-10-12-29-48(41)62-49-30-13-11-25-42(49)55/h3-10,12,14-20,22-34,37,45,57H,1-2,11,13,21H2. The first-order chi connectivity index (χ1) is 30.6. The van der Waals surface area contributed by atoms with E-state index in [2.05, 4.69) is 157 Å². The van der Waals surface area contributed by atoms with Crippen molar-refractivity contribution in [3.8, 4) is 45.0 Å². The van der Waals surface area contributed by atoms with Crippen molar-refractivity contribution < 1.29 is 0 Å². The van der Waals surface area contributed by atoms with E-state index in [0.29, 0.717) is 23.0 Å². The highest BCUT2D eigenvalue weighted by atomic mass is 32.2. The van der Waals surface area contributed by atoms with Crippen LogP contribution in [0.2, 0.25) is 0 Å². The van der Waals surface area contributed by atoms with E-state index in [0.717, 1.165) is 64.2 Å². The number of dihydropyridines is 1. The zero-order chi connectivity index (χ0) is 41.6. The van der Waals surface area contributed by atoms with Crippen molar-refractivity contribution in [3.05, 3.63) is 228 Å². The van der Waals surface area contributed by atoms with Crippen LogP contribution in [0.15, 0.2) is 204 Å². The quantitative estimate of drug-likeness (QED) is 0.154. The van der Waals surface area contributed by atoms with Gasteiger partial charge in [0.1, 0.15) is 5.82 Å². The number of aromatic nitrogens is 4. The Bertz CT molecular complexity index is 3060. The van der Waals surface area contributed by atoms with Crippen LogP contribution in [-0.4, -0.2) is 26.2 Å². The van der Waals surface area contributed by atoms with Gasteiger partial charge < -0.3 is 5.32 Å². The molecule has 2 aromatic heterocycles. The molecule has 0 saturated heterocycles. The average molecular weight is 819 g/mol. The molecule has 11 rings (SSSR count). The number of rotatable bonds is 8. The lowest BCUT2D eigenvalue weighted by Crippen LogP contribution is -2.33. The summed E-state index contributed by atoms with van der Waals surface area (Å²) in [5.41, 5.74) is 13.0. The molecule has 5 aliphatic rings. The summed E-state index contributed by atoms with van der Waals surface area (Å²) in [5.74, 6) is 2.11. The number of nitrogens with one attached hydrogen (secondary N) is 1. The summed E-state index contributed by atoms with van der Waals surface area (Å²) in [6.07, 6.45) is 27.8. The van der Waals surface area contributed by atoms with Crippen molar-refractivity contribution in [2.75, 3.05) is 0 Å². The maximum absolute atomic E-state index is 5.40. The van der Waals surface area contributed by atoms with Crippen molar-refractivity contribution in [2.24, 2.45) is 4.99 Å². The van der Waals surface area contributed by atoms with Crippen LogP contribution < -0.4 is 5.32 Å². The summed E-state index contributed by atoms with van der Waals surface area (Å²) in [5, 5.41) is 3.50. The summed E-state index contributed by atoms with van der Waals surface area (Å²) < 4.78 is 0. The van der Waals surface area contributed by atoms with E-state index < -0.39 is 5.41 Å². The third kappa shape index (κ3) is 6.22. The van der Waals surface area contributed by atoms with Gasteiger partial charge in [-0.2, -0.15) is 0 Å². The first-order valence-electron chi connectivity index (χ1n) is 21.2. The molecule has 1 spiro atoms. The molecule has 4 heterocycles. The summed E-state index contributed by atoms with van der Waals surface area (Å²) in [6.45, 7) is 8.21. The number of hydrogen-bond acceptors (Lipinski definition) is 7. The van der Waals surface area contributed by atoms with Gasteiger partial charge >= 0.3 is 0 Å². The molecule has 4 aromatic carbocycles. The number of benzene rings is 4. The largest absolute Gasteiger partial charge is 0.379 e. The van der Waals surface area contributed by atoms with Crippen LogP contribution in [0.25, 0.3) is 50.7 Å². The van der Waals surface area contributed by atoms with Crippen LogP contribution in [0.3, 0.4) is 0 Å². The highest BCUT2D eigenvalue weighted by Crippen LogP contribution is 2.66. The minimum atomic E-state index is -0.588. The third-order valence-electron chi connectivity index (χ3n) is 12.3. The van der Waals surface area contributed by atoms with Gasteiger partial charge in [-0.3, -0.25) is 4.99 Å². The van der Waals surface area contributed by atoms with E-state index >= 15 is 0 Å². The Hall–Kier alpha value is -7.22. The third-order valence-corrected chi connectivity index (χ3v) is 13.5. The second-order valence-electron chi connectivity index (χ2n) is 15.9. The second-order valence-corrected chi connectivity index (χ2v) is 17.0. The number of pyridine rings is 1. The van der Waals surface area contributed by atoms with Gasteiger partial charge in [0.2, 0.25) is 0 Å². The first-order valence-corrected chi connectivity index (χ1v) is 22.0. The second kappa shape index (κ2) is 15.7. The number of aliphatic imine (C=N–C) groups is 1. The lowest BCUT2D eigenvalue weighted by molar-refractivity contribution is 0.720. The number of fused-ring (bicyclic) bond motifs is 9. The Morgan fingerprint density at radius 2 is 1.48 bits per heavy atom. The van der Waals surface area contributed by atoms with Gasteiger partial charge in [-0.05, 0) is 94.3 Å². The van der Waals surface area contributed by atoms with Crippen molar-refractivity contribution in [1.29, 1.82) is 0 Å². The van der Waals surface area contributed by atoms with Gasteiger partial charge in [-0.25, -0.2) is 19.9 Å². The normalized spacial score (nSPS) is 20.2. The van der Waals surface area contributed by atoms with Crippen LogP contribution in [0, 0.1) is 0 Å². The van der Waals surface area contributed by atoms with Gasteiger partial charge in [-0.15, -0.1) is 0 Å².